The van der Waals surface area contributed by atoms with Gasteiger partial charge >= 0.3 is 6.09 Å². The van der Waals surface area contributed by atoms with Gasteiger partial charge in [0.2, 0.25) is 0 Å². The summed E-state index contributed by atoms with van der Waals surface area (Å²) in [6.45, 7) is 14.6. The van der Waals surface area contributed by atoms with Gasteiger partial charge in [-0.25, -0.2) is 4.79 Å². The van der Waals surface area contributed by atoms with Gasteiger partial charge in [-0.1, -0.05) is 6.07 Å². The van der Waals surface area contributed by atoms with Crippen LogP contribution in [0.5, 0.6) is 0 Å². The second kappa shape index (κ2) is 12.4. The van der Waals surface area contributed by atoms with E-state index in [-0.39, 0.29) is 11.7 Å². The average molecular weight is 422 g/mol. The van der Waals surface area contributed by atoms with E-state index in [1.165, 1.54) is 0 Å². The maximum atomic E-state index is 12.7. The lowest BCUT2D eigenvalue weighted by atomic mass is 10.1. The molecule has 0 aliphatic heterocycles. The number of nitrogens with one attached hydrogen (secondary N) is 2. The summed E-state index contributed by atoms with van der Waals surface area (Å²) in [7, 11) is 1.68. The smallest absolute Gasteiger partial charge is 0.410 e. The molecule has 1 amide bonds. The van der Waals surface area contributed by atoms with Crippen molar-refractivity contribution in [2.24, 2.45) is 4.99 Å². The van der Waals surface area contributed by atoms with E-state index in [0.29, 0.717) is 26.2 Å². The summed E-state index contributed by atoms with van der Waals surface area (Å²) in [5.74, 6) is 0.735. The van der Waals surface area contributed by atoms with Gasteiger partial charge in [-0.05, 0) is 59.6 Å². The van der Waals surface area contributed by atoms with Crippen molar-refractivity contribution in [1.29, 1.82) is 0 Å². The molecule has 1 aromatic heterocycles. The number of aromatic nitrogens is 1. The van der Waals surface area contributed by atoms with Gasteiger partial charge in [0, 0.05) is 39.1 Å². The molecule has 0 bridgehead atoms. The van der Waals surface area contributed by atoms with Gasteiger partial charge in [-0.15, -0.1) is 0 Å². The summed E-state index contributed by atoms with van der Waals surface area (Å²) >= 11 is 0. The standard InChI is InChI=1S/C22H39N5O3/c1-8-24-19(26-17-22(5,6)29-7)25-13-10-14-27(20(28)30-21(2,3)4)16-18-11-9-12-23-15-18/h9,11-12,15H,8,10,13-14,16-17H2,1-7H3,(H2,24,25,26). The minimum atomic E-state index is -0.540. The summed E-state index contributed by atoms with van der Waals surface area (Å²) in [6, 6.07) is 3.82. The molecule has 170 valence electrons. The molecule has 1 aromatic rings. The molecular formula is C22H39N5O3. The van der Waals surface area contributed by atoms with Gasteiger partial charge in [0.1, 0.15) is 5.60 Å². The summed E-state index contributed by atoms with van der Waals surface area (Å²) in [6.07, 6.45) is 3.91. The molecule has 0 radical (unpaired) electrons. The van der Waals surface area contributed by atoms with Crippen LogP contribution in [0.2, 0.25) is 0 Å². The van der Waals surface area contributed by atoms with Crippen LogP contribution in [0.3, 0.4) is 0 Å². The lowest BCUT2D eigenvalue weighted by Crippen LogP contribution is -2.41. The van der Waals surface area contributed by atoms with E-state index >= 15 is 0 Å². The summed E-state index contributed by atoms with van der Waals surface area (Å²) in [5, 5.41) is 6.55. The molecule has 1 heterocycles. The van der Waals surface area contributed by atoms with Crippen LogP contribution in [0.1, 0.15) is 53.5 Å². The molecule has 0 aromatic carbocycles. The molecule has 0 atom stereocenters. The number of pyridine rings is 1. The maximum Gasteiger partial charge on any atom is 0.410 e. The fraction of sp³-hybridized carbons (Fsp3) is 0.682. The third kappa shape index (κ3) is 11.0. The van der Waals surface area contributed by atoms with Crippen LogP contribution in [-0.2, 0) is 16.0 Å². The van der Waals surface area contributed by atoms with E-state index in [0.717, 1.165) is 24.5 Å². The predicted octanol–water partition coefficient (Wildman–Crippen LogP) is 3.19. The van der Waals surface area contributed by atoms with Gasteiger partial charge in [0.05, 0.1) is 18.7 Å². The van der Waals surface area contributed by atoms with Crippen molar-refractivity contribution in [2.45, 2.75) is 65.7 Å². The van der Waals surface area contributed by atoms with Crippen LogP contribution >= 0.6 is 0 Å². The van der Waals surface area contributed by atoms with Crippen molar-refractivity contribution in [3.05, 3.63) is 30.1 Å². The van der Waals surface area contributed by atoms with Crippen molar-refractivity contribution >= 4 is 12.1 Å². The molecule has 2 N–H and O–H groups in total. The number of rotatable bonds is 10. The van der Waals surface area contributed by atoms with Gasteiger partial charge in [0.25, 0.3) is 0 Å². The number of hydrogen-bond acceptors (Lipinski definition) is 5. The fourth-order valence-corrected chi connectivity index (χ4v) is 2.43. The van der Waals surface area contributed by atoms with Crippen molar-refractivity contribution in [3.8, 4) is 0 Å². The van der Waals surface area contributed by atoms with Crippen LogP contribution in [-0.4, -0.2) is 66.4 Å². The van der Waals surface area contributed by atoms with Crippen molar-refractivity contribution in [3.63, 3.8) is 0 Å². The Hall–Kier alpha value is -2.35. The van der Waals surface area contributed by atoms with Crippen LogP contribution < -0.4 is 10.6 Å². The summed E-state index contributed by atoms with van der Waals surface area (Å²) in [5.41, 5.74) is 0.106. The normalized spacial score (nSPS) is 12.4. The summed E-state index contributed by atoms with van der Waals surface area (Å²) in [4.78, 5) is 23.1. The number of ether oxygens (including phenoxy) is 2. The molecule has 1 rings (SSSR count). The molecule has 0 unspecified atom stereocenters. The van der Waals surface area contributed by atoms with Gasteiger partial charge in [-0.3, -0.25) is 9.98 Å². The molecule has 0 saturated carbocycles. The Balaban J connectivity index is 2.66. The van der Waals surface area contributed by atoms with Crippen LogP contribution in [0.25, 0.3) is 0 Å². The topological polar surface area (TPSA) is 88.1 Å². The Labute approximate surface area is 181 Å². The Morgan fingerprint density at radius 1 is 1.23 bits per heavy atom. The lowest BCUT2D eigenvalue weighted by molar-refractivity contribution is 0.0231. The average Bonchev–Trinajstić information content (AvgIpc) is 2.67. The van der Waals surface area contributed by atoms with Crippen molar-refractivity contribution in [2.75, 3.05) is 33.3 Å². The Morgan fingerprint density at radius 3 is 2.53 bits per heavy atom. The lowest BCUT2D eigenvalue weighted by Gasteiger charge is -2.27. The second-order valence-electron chi connectivity index (χ2n) is 8.70. The maximum absolute atomic E-state index is 12.7. The quantitative estimate of drug-likeness (QED) is 0.343. The zero-order valence-electron chi connectivity index (χ0n) is 19.6. The molecule has 0 aliphatic carbocycles. The van der Waals surface area contributed by atoms with Gasteiger partial charge < -0.3 is 25.0 Å². The minimum absolute atomic E-state index is 0.320. The molecule has 30 heavy (non-hydrogen) atoms. The number of carbonyl (C=O) groups excluding carboxylic acids is 1. The molecule has 0 saturated heterocycles. The van der Waals surface area contributed by atoms with Crippen LogP contribution in [0.4, 0.5) is 4.79 Å². The zero-order chi connectivity index (χ0) is 22.6. The molecule has 8 heteroatoms. The van der Waals surface area contributed by atoms with Crippen molar-refractivity contribution < 1.29 is 14.3 Å². The molecule has 0 fully saturated rings. The van der Waals surface area contributed by atoms with Crippen LogP contribution in [0, 0.1) is 0 Å². The highest BCUT2D eigenvalue weighted by molar-refractivity contribution is 5.79. The van der Waals surface area contributed by atoms with Crippen molar-refractivity contribution in [1.82, 2.24) is 20.5 Å². The Kier molecular flexibility index (Phi) is 10.6. The highest BCUT2D eigenvalue weighted by Crippen LogP contribution is 2.13. The van der Waals surface area contributed by atoms with E-state index < -0.39 is 5.60 Å². The Bertz CT molecular complexity index is 656. The molecular weight excluding hydrogens is 382 g/mol. The largest absolute Gasteiger partial charge is 0.444 e. The van der Waals surface area contributed by atoms with E-state index in [1.807, 2.05) is 53.7 Å². The fourth-order valence-electron chi connectivity index (χ4n) is 2.43. The van der Waals surface area contributed by atoms with E-state index in [2.05, 4.69) is 20.6 Å². The Morgan fingerprint density at radius 2 is 1.97 bits per heavy atom. The highest BCUT2D eigenvalue weighted by Gasteiger charge is 2.22. The number of hydrogen-bond donors (Lipinski definition) is 2. The predicted molar refractivity (Wildman–Crippen MR) is 121 cm³/mol. The zero-order valence-corrected chi connectivity index (χ0v) is 19.6. The van der Waals surface area contributed by atoms with Gasteiger partial charge in [-0.2, -0.15) is 0 Å². The third-order valence-electron chi connectivity index (χ3n) is 4.16. The number of carbonyl (C=O) groups is 1. The molecule has 0 spiro atoms. The first-order chi connectivity index (χ1) is 14.1. The SMILES string of the molecule is CCNC(=NCC(C)(C)OC)NCCCN(Cc1cccnc1)C(=O)OC(C)(C)C. The van der Waals surface area contributed by atoms with E-state index in [4.69, 9.17) is 9.47 Å². The van der Waals surface area contributed by atoms with Crippen LogP contribution in [0.15, 0.2) is 29.5 Å². The monoisotopic (exact) mass is 421 g/mol. The number of guanidine groups is 1. The number of nitrogens with zero attached hydrogens (tertiary/aromatic N) is 3. The number of amides is 1. The number of methoxy groups -OCH3 is 1. The first-order valence-corrected chi connectivity index (χ1v) is 10.5. The highest BCUT2D eigenvalue weighted by atomic mass is 16.6. The molecule has 8 nitrogen and oxygen atoms in total. The summed E-state index contributed by atoms with van der Waals surface area (Å²) < 4.78 is 11.0. The first kappa shape index (κ1) is 25.7. The molecule has 0 aliphatic rings. The second-order valence-corrected chi connectivity index (χ2v) is 8.70. The van der Waals surface area contributed by atoms with E-state index in [9.17, 15) is 4.79 Å². The third-order valence-corrected chi connectivity index (χ3v) is 4.16. The minimum Gasteiger partial charge on any atom is -0.444 e. The number of aliphatic imine (C=N–C) groups is 1. The van der Waals surface area contributed by atoms with E-state index in [1.54, 1.807) is 24.4 Å². The van der Waals surface area contributed by atoms with Gasteiger partial charge in [0.15, 0.2) is 5.96 Å². The first-order valence-electron chi connectivity index (χ1n) is 10.5.